The van der Waals surface area contributed by atoms with Crippen LogP contribution in [0.5, 0.6) is 0 Å². The fraction of sp³-hybridized carbons (Fsp3) is 0.467. The predicted octanol–water partition coefficient (Wildman–Crippen LogP) is 4.53. The monoisotopic (exact) mass is 248 g/mol. The molecule has 0 aliphatic heterocycles. The number of hydrogen-bond acceptors (Lipinski definition) is 0. The Hall–Kier alpha value is -0.685. The Morgan fingerprint density at radius 1 is 1.12 bits per heavy atom. The van der Waals surface area contributed by atoms with E-state index in [-0.39, 0.29) is 0 Å². The van der Waals surface area contributed by atoms with Crippen LogP contribution < -0.4 is 0 Å². The van der Waals surface area contributed by atoms with Gasteiger partial charge in [0, 0.05) is 5.02 Å². The zero-order valence-electron chi connectivity index (χ0n) is 10.8. The minimum absolute atomic E-state index is 0.893. The van der Waals surface area contributed by atoms with Crippen LogP contribution in [0.15, 0.2) is 24.8 Å². The second-order valence-electron chi connectivity index (χ2n) is 4.57. The molecule has 92 valence electrons. The Kier molecular flexibility index (Phi) is 7.11. The normalized spacial score (nSPS) is 10.4. The van der Waals surface area contributed by atoms with E-state index >= 15 is 0 Å². The predicted molar refractivity (Wildman–Crippen MR) is 81.7 cm³/mol. The molecule has 0 amide bonds. The third-order valence-corrected chi connectivity index (χ3v) is 3.47. The molecule has 1 rings (SSSR count). The molecule has 0 N–H and O–H groups in total. The van der Waals surface area contributed by atoms with Gasteiger partial charge >= 0.3 is 0 Å². The van der Waals surface area contributed by atoms with Crippen molar-refractivity contribution in [3.8, 4) is 0 Å². The molecule has 0 saturated carbocycles. The average Bonchev–Trinajstić information content (AvgIpc) is 2.35. The Labute approximate surface area is 111 Å². The van der Waals surface area contributed by atoms with Crippen molar-refractivity contribution in [1.29, 1.82) is 0 Å². The smallest absolute Gasteiger partial charge is 0.0985 e. The van der Waals surface area contributed by atoms with Crippen LogP contribution in [0.4, 0.5) is 0 Å². The first-order chi connectivity index (χ1) is 8.27. The number of hydrogen-bond donors (Lipinski definition) is 0. The van der Waals surface area contributed by atoms with Crippen LogP contribution in [0, 0.1) is 0 Å². The van der Waals surface area contributed by atoms with Gasteiger partial charge in [0.15, 0.2) is 0 Å². The van der Waals surface area contributed by atoms with E-state index in [1.54, 1.807) is 0 Å². The number of halogens is 1. The Balaban J connectivity index is 2.33. The first kappa shape index (κ1) is 14.4. The molecule has 1 aromatic rings. The van der Waals surface area contributed by atoms with Crippen LogP contribution in [0.25, 0.3) is 6.08 Å². The second-order valence-corrected chi connectivity index (χ2v) is 4.98. The summed E-state index contributed by atoms with van der Waals surface area (Å²) in [7, 11) is 2.25. The Bertz CT molecular complexity index is 347. The number of unbranched alkanes of at least 4 members (excludes halogenated alkanes) is 4. The van der Waals surface area contributed by atoms with Crippen molar-refractivity contribution in [3.63, 3.8) is 0 Å². The SMILES string of the molecule is BCCCCCCCc1cc(C=C)ccc1Cl. The molecule has 0 aromatic heterocycles. The molecule has 0 saturated heterocycles. The lowest BCUT2D eigenvalue weighted by Gasteiger charge is -2.06. The van der Waals surface area contributed by atoms with E-state index in [0.29, 0.717) is 0 Å². The van der Waals surface area contributed by atoms with Crippen molar-refractivity contribution in [2.75, 3.05) is 0 Å². The molecule has 0 bridgehead atoms. The van der Waals surface area contributed by atoms with Crippen molar-refractivity contribution in [1.82, 2.24) is 0 Å². The zero-order chi connectivity index (χ0) is 12.5. The summed E-state index contributed by atoms with van der Waals surface area (Å²) in [6.45, 7) is 3.79. The number of aryl methyl sites for hydroxylation is 1. The topological polar surface area (TPSA) is 0 Å². The summed E-state index contributed by atoms with van der Waals surface area (Å²) in [6, 6.07) is 6.15. The van der Waals surface area contributed by atoms with Crippen LogP contribution in [0.2, 0.25) is 11.3 Å². The van der Waals surface area contributed by atoms with Gasteiger partial charge < -0.3 is 0 Å². The third-order valence-electron chi connectivity index (χ3n) is 3.11. The lowest BCUT2D eigenvalue weighted by atomic mass is 9.98. The van der Waals surface area contributed by atoms with Crippen LogP contribution in [-0.4, -0.2) is 7.85 Å². The maximum Gasteiger partial charge on any atom is 0.101 e. The minimum Gasteiger partial charge on any atom is -0.0985 e. The minimum atomic E-state index is 0.893. The van der Waals surface area contributed by atoms with Gasteiger partial charge in [0.05, 0.1) is 0 Å². The van der Waals surface area contributed by atoms with Crippen LogP contribution in [0.1, 0.15) is 43.2 Å². The molecule has 0 aliphatic carbocycles. The van der Waals surface area contributed by atoms with Crippen molar-refractivity contribution >= 4 is 25.5 Å². The van der Waals surface area contributed by atoms with Gasteiger partial charge in [-0.25, -0.2) is 0 Å². The molecule has 2 heteroatoms. The summed E-state index contributed by atoms with van der Waals surface area (Å²) in [4.78, 5) is 0. The fourth-order valence-corrected chi connectivity index (χ4v) is 2.22. The van der Waals surface area contributed by atoms with Gasteiger partial charge in [0.25, 0.3) is 0 Å². The largest absolute Gasteiger partial charge is 0.101 e. The Morgan fingerprint density at radius 2 is 1.82 bits per heavy atom. The summed E-state index contributed by atoms with van der Waals surface area (Å²) in [5.74, 6) is 0. The summed E-state index contributed by atoms with van der Waals surface area (Å²) < 4.78 is 0. The van der Waals surface area contributed by atoms with E-state index in [2.05, 4.69) is 20.5 Å². The first-order valence-corrected chi connectivity index (χ1v) is 7.06. The molecule has 0 heterocycles. The van der Waals surface area contributed by atoms with Gasteiger partial charge in [-0.2, -0.15) is 0 Å². The summed E-state index contributed by atoms with van der Waals surface area (Å²) in [5.41, 5.74) is 2.43. The van der Waals surface area contributed by atoms with Gasteiger partial charge in [0.1, 0.15) is 7.85 Å². The number of benzene rings is 1. The van der Waals surface area contributed by atoms with Gasteiger partial charge in [-0.15, -0.1) is 0 Å². The maximum absolute atomic E-state index is 6.18. The van der Waals surface area contributed by atoms with Crippen molar-refractivity contribution in [2.45, 2.75) is 44.8 Å². The van der Waals surface area contributed by atoms with Gasteiger partial charge in [-0.05, 0) is 30.0 Å². The molecule has 0 radical (unpaired) electrons. The quantitative estimate of drug-likeness (QED) is 0.468. The highest BCUT2D eigenvalue weighted by molar-refractivity contribution is 6.31. The van der Waals surface area contributed by atoms with E-state index in [4.69, 9.17) is 11.6 Å². The number of rotatable bonds is 8. The lowest BCUT2D eigenvalue weighted by molar-refractivity contribution is 0.632. The molecular weight excluding hydrogens is 226 g/mol. The van der Waals surface area contributed by atoms with Crippen molar-refractivity contribution in [2.24, 2.45) is 0 Å². The molecule has 0 fully saturated rings. The summed E-state index contributed by atoms with van der Waals surface area (Å²) in [6.07, 6.45) is 10.9. The van der Waals surface area contributed by atoms with Gasteiger partial charge in [-0.3, -0.25) is 0 Å². The highest BCUT2D eigenvalue weighted by Gasteiger charge is 2.00. The molecule has 0 aliphatic rings. The Morgan fingerprint density at radius 3 is 2.53 bits per heavy atom. The summed E-state index contributed by atoms with van der Waals surface area (Å²) >= 11 is 6.18. The highest BCUT2D eigenvalue weighted by Crippen LogP contribution is 2.20. The average molecular weight is 249 g/mol. The van der Waals surface area contributed by atoms with Gasteiger partial charge in [0.2, 0.25) is 0 Å². The van der Waals surface area contributed by atoms with E-state index in [1.807, 2.05) is 18.2 Å². The molecule has 1 aromatic carbocycles. The van der Waals surface area contributed by atoms with Crippen LogP contribution in [0.3, 0.4) is 0 Å². The van der Waals surface area contributed by atoms with Crippen molar-refractivity contribution in [3.05, 3.63) is 40.9 Å². The third kappa shape index (κ3) is 5.45. The lowest BCUT2D eigenvalue weighted by Crippen LogP contribution is -1.89. The maximum atomic E-state index is 6.18. The second kappa shape index (κ2) is 8.41. The molecule has 17 heavy (non-hydrogen) atoms. The van der Waals surface area contributed by atoms with E-state index in [9.17, 15) is 0 Å². The standard InChI is InChI=1S/C15H22BCl/c1-2-13-9-10-15(17)14(12-13)8-6-4-3-5-7-11-16/h2,9-10,12H,1,3-8,11,16H2. The van der Waals surface area contributed by atoms with Gasteiger partial charge in [-0.1, -0.05) is 68.4 Å². The van der Waals surface area contributed by atoms with E-state index < -0.39 is 0 Å². The molecule has 0 atom stereocenters. The molecular formula is C15H22BCl. The summed E-state index contributed by atoms with van der Waals surface area (Å²) in [5, 5.41) is 0.893. The first-order valence-electron chi connectivity index (χ1n) is 6.68. The van der Waals surface area contributed by atoms with Crippen LogP contribution >= 0.6 is 11.6 Å². The molecule has 0 spiro atoms. The van der Waals surface area contributed by atoms with E-state index in [0.717, 1.165) is 17.0 Å². The molecule has 0 unspecified atom stereocenters. The van der Waals surface area contributed by atoms with Crippen LogP contribution in [-0.2, 0) is 6.42 Å². The fourth-order valence-electron chi connectivity index (χ4n) is 2.01. The highest BCUT2D eigenvalue weighted by atomic mass is 35.5. The van der Waals surface area contributed by atoms with Crippen molar-refractivity contribution < 1.29 is 0 Å². The molecule has 0 nitrogen and oxygen atoms in total. The zero-order valence-corrected chi connectivity index (χ0v) is 11.6. The van der Waals surface area contributed by atoms with E-state index in [1.165, 1.54) is 44.0 Å².